The normalized spacial score (nSPS) is 11.2. The first-order valence-corrected chi connectivity index (χ1v) is 7.36. The van der Waals surface area contributed by atoms with Gasteiger partial charge in [0.1, 0.15) is 12.4 Å². The van der Waals surface area contributed by atoms with Crippen LogP contribution in [0.25, 0.3) is 0 Å². The van der Waals surface area contributed by atoms with Crippen LogP contribution in [0.3, 0.4) is 0 Å². The summed E-state index contributed by atoms with van der Waals surface area (Å²) < 4.78 is 30.1. The number of nitrogens with two attached hydrogens (primary N) is 1. The van der Waals surface area contributed by atoms with Crippen LogP contribution in [-0.4, -0.2) is 38.7 Å². The second kappa shape index (κ2) is 6.97. The number of nitrogens with zero attached hydrogens (tertiary/aromatic N) is 2. The number of para-hydroxylation sites is 2. The van der Waals surface area contributed by atoms with E-state index in [0.29, 0.717) is 11.4 Å². The molecule has 1 rings (SSSR count). The molecule has 0 aliphatic rings. The minimum absolute atomic E-state index is 0.0213. The summed E-state index contributed by atoms with van der Waals surface area (Å²) in [6, 6.07) is 8.81. The Balaban J connectivity index is 2.48. The summed E-state index contributed by atoms with van der Waals surface area (Å²) in [7, 11) is -1.95. The Labute approximate surface area is 113 Å². The Kier molecular flexibility index (Phi) is 5.60. The quantitative estimate of drug-likeness (QED) is 0.747. The Bertz CT molecular complexity index is 552. The van der Waals surface area contributed by atoms with Crippen LogP contribution < -0.4 is 10.5 Å². The summed E-state index contributed by atoms with van der Waals surface area (Å²) in [5.74, 6) is 0.320. The maximum Gasteiger partial charge on any atom is 0.217 e. The van der Waals surface area contributed by atoms with E-state index < -0.39 is 10.0 Å². The molecule has 0 atom stereocenters. The molecule has 0 saturated heterocycles. The number of rotatable bonds is 7. The molecular formula is C12H17N3O3S. The minimum Gasteiger partial charge on any atom is -0.490 e. The second-order valence-electron chi connectivity index (χ2n) is 3.93. The SMILES string of the molecule is CN(CCC#N)S(=O)(=O)CCOc1ccccc1N. The van der Waals surface area contributed by atoms with Crippen molar-refractivity contribution in [3.8, 4) is 11.8 Å². The smallest absolute Gasteiger partial charge is 0.217 e. The average Bonchev–Trinajstić information content (AvgIpc) is 2.38. The molecule has 0 spiro atoms. The zero-order chi connectivity index (χ0) is 14.3. The average molecular weight is 283 g/mol. The Morgan fingerprint density at radius 1 is 1.42 bits per heavy atom. The highest BCUT2D eigenvalue weighted by atomic mass is 32.2. The Morgan fingerprint density at radius 3 is 2.74 bits per heavy atom. The van der Waals surface area contributed by atoms with Gasteiger partial charge in [-0.25, -0.2) is 12.7 Å². The van der Waals surface area contributed by atoms with Gasteiger partial charge in [-0.05, 0) is 12.1 Å². The van der Waals surface area contributed by atoms with E-state index in [2.05, 4.69) is 0 Å². The molecule has 0 aromatic heterocycles. The number of hydrogen-bond acceptors (Lipinski definition) is 5. The first-order chi connectivity index (χ1) is 8.97. The molecule has 0 aliphatic carbocycles. The second-order valence-corrected chi connectivity index (χ2v) is 6.13. The van der Waals surface area contributed by atoms with E-state index in [-0.39, 0.29) is 25.3 Å². The number of anilines is 1. The highest BCUT2D eigenvalue weighted by Crippen LogP contribution is 2.19. The first-order valence-electron chi connectivity index (χ1n) is 5.75. The van der Waals surface area contributed by atoms with Crippen LogP contribution >= 0.6 is 0 Å². The fraction of sp³-hybridized carbons (Fsp3) is 0.417. The van der Waals surface area contributed by atoms with Crippen molar-refractivity contribution in [2.24, 2.45) is 0 Å². The van der Waals surface area contributed by atoms with Gasteiger partial charge in [-0.3, -0.25) is 0 Å². The monoisotopic (exact) mass is 283 g/mol. The lowest BCUT2D eigenvalue weighted by atomic mass is 10.3. The molecule has 19 heavy (non-hydrogen) atoms. The predicted octanol–water partition coefficient (Wildman–Crippen LogP) is 0.823. The van der Waals surface area contributed by atoms with Gasteiger partial charge < -0.3 is 10.5 Å². The molecule has 0 radical (unpaired) electrons. The lowest BCUT2D eigenvalue weighted by Gasteiger charge is -2.16. The Hall–Kier alpha value is -1.78. The third kappa shape index (κ3) is 4.77. The van der Waals surface area contributed by atoms with Crippen LogP contribution in [0.2, 0.25) is 0 Å². The van der Waals surface area contributed by atoms with E-state index in [4.69, 9.17) is 15.7 Å². The largest absolute Gasteiger partial charge is 0.490 e. The Morgan fingerprint density at radius 2 is 2.11 bits per heavy atom. The molecule has 0 saturated carbocycles. The maximum atomic E-state index is 11.8. The molecule has 1 aromatic rings. The van der Waals surface area contributed by atoms with Crippen LogP contribution in [0.1, 0.15) is 6.42 Å². The van der Waals surface area contributed by atoms with Crippen molar-refractivity contribution in [1.82, 2.24) is 4.31 Å². The van der Waals surface area contributed by atoms with E-state index in [9.17, 15) is 8.42 Å². The van der Waals surface area contributed by atoms with Crippen molar-refractivity contribution in [2.75, 3.05) is 31.7 Å². The van der Waals surface area contributed by atoms with Gasteiger partial charge >= 0.3 is 0 Å². The number of nitrogen functional groups attached to an aromatic ring is 1. The fourth-order valence-electron chi connectivity index (χ4n) is 1.37. The highest BCUT2D eigenvalue weighted by molar-refractivity contribution is 7.89. The molecule has 0 heterocycles. The van der Waals surface area contributed by atoms with Crippen molar-refractivity contribution in [2.45, 2.75) is 6.42 Å². The summed E-state index contributed by atoms with van der Waals surface area (Å²) in [4.78, 5) is 0. The van der Waals surface area contributed by atoms with Crippen molar-refractivity contribution in [3.63, 3.8) is 0 Å². The lowest BCUT2D eigenvalue weighted by molar-refractivity contribution is 0.338. The standard InChI is InChI=1S/C12H17N3O3S/c1-15(8-4-7-13)19(16,17)10-9-18-12-6-3-2-5-11(12)14/h2-3,5-6H,4,8-10,14H2,1H3. The summed E-state index contributed by atoms with van der Waals surface area (Å²) in [5.41, 5.74) is 6.15. The first kappa shape index (κ1) is 15.3. The van der Waals surface area contributed by atoms with Crippen LogP contribution in [0.4, 0.5) is 5.69 Å². The molecule has 0 bridgehead atoms. The summed E-state index contributed by atoms with van der Waals surface area (Å²) in [5, 5.41) is 8.43. The lowest BCUT2D eigenvalue weighted by Crippen LogP contribution is -2.32. The van der Waals surface area contributed by atoms with Crippen LogP contribution in [0.5, 0.6) is 5.75 Å². The van der Waals surface area contributed by atoms with E-state index >= 15 is 0 Å². The summed E-state index contributed by atoms with van der Waals surface area (Å²) in [6.07, 6.45) is 0.169. The number of nitriles is 1. The molecule has 0 aliphatic heterocycles. The molecule has 0 amide bonds. The highest BCUT2D eigenvalue weighted by Gasteiger charge is 2.17. The third-order valence-corrected chi connectivity index (χ3v) is 4.35. The molecule has 0 fully saturated rings. The summed E-state index contributed by atoms with van der Waals surface area (Å²) in [6.45, 7) is 0.208. The molecule has 1 aromatic carbocycles. The van der Waals surface area contributed by atoms with E-state index in [0.717, 1.165) is 4.31 Å². The van der Waals surface area contributed by atoms with Gasteiger partial charge in [0.25, 0.3) is 0 Å². The number of sulfonamides is 1. The molecule has 6 nitrogen and oxygen atoms in total. The molecular weight excluding hydrogens is 266 g/mol. The third-order valence-electron chi connectivity index (χ3n) is 2.53. The van der Waals surface area contributed by atoms with Crippen molar-refractivity contribution in [3.05, 3.63) is 24.3 Å². The number of ether oxygens (including phenoxy) is 1. The number of hydrogen-bond donors (Lipinski definition) is 1. The summed E-state index contributed by atoms with van der Waals surface area (Å²) >= 11 is 0. The van der Waals surface area contributed by atoms with Gasteiger partial charge in [0.15, 0.2) is 0 Å². The van der Waals surface area contributed by atoms with Gasteiger partial charge in [-0.2, -0.15) is 5.26 Å². The van der Waals surface area contributed by atoms with Gasteiger partial charge in [0, 0.05) is 20.0 Å². The van der Waals surface area contributed by atoms with Gasteiger partial charge in [0.2, 0.25) is 10.0 Å². The molecule has 2 N–H and O–H groups in total. The minimum atomic E-state index is -3.40. The molecule has 104 valence electrons. The van der Waals surface area contributed by atoms with Crippen LogP contribution in [0, 0.1) is 11.3 Å². The van der Waals surface area contributed by atoms with Crippen molar-refractivity contribution in [1.29, 1.82) is 5.26 Å². The van der Waals surface area contributed by atoms with Crippen molar-refractivity contribution >= 4 is 15.7 Å². The number of benzene rings is 1. The molecule has 0 unspecified atom stereocenters. The van der Waals surface area contributed by atoms with E-state index in [1.807, 2.05) is 6.07 Å². The zero-order valence-electron chi connectivity index (χ0n) is 10.7. The van der Waals surface area contributed by atoms with Crippen LogP contribution in [-0.2, 0) is 10.0 Å². The zero-order valence-corrected chi connectivity index (χ0v) is 11.6. The van der Waals surface area contributed by atoms with Gasteiger partial charge in [-0.15, -0.1) is 0 Å². The topological polar surface area (TPSA) is 96.4 Å². The van der Waals surface area contributed by atoms with Crippen molar-refractivity contribution < 1.29 is 13.2 Å². The van der Waals surface area contributed by atoms with Crippen LogP contribution in [0.15, 0.2) is 24.3 Å². The molecule has 7 heteroatoms. The van der Waals surface area contributed by atoms with E-state index in [1.54, 1.807) is 24.3 Å². The van der Waals surface area contributed by atoms with E-state index in [1.165, 1.54) is 7.05 Å². The maximum absolute atomic E-state index is 11.8. The predicted molar refractivity (Wildman–Crippen MR) is 73.0 cm³/mol. The van der Waals surface area contributed by atoms with Gasteiger partial charge in [0.05, 0.1) is 17.5 Å². The fourth-order valence-corrected chi connectivity index (χ4v) is 2.35. The van der Waals surface area contributed by atoms with Gasteiger partial charge in [-0.1, -0.05) is 12.1 Å².